The van der Waals surface area contributed by atoms with Gasteiger partial charge in [0, 0.05) is 11.4 Å². The van der Waals surface area contributed by atoms with Crippen molar-refractivity contribution in [3.05, 3.63) is 29.8 Å². The van der Waals surface area contributed by atoms with E-state index in [0.29, 0.717) is 5.69 Å². The van der Waals surface area contributed by atoms with E-state index in [-0.39, 0.29) is 0 Å². The van der Waals surface area contributed by atoms with Crippen molar-refractivity contribution in [1.29, 1.82) is 0 Å². The van der Waals surface area contributed by atoms with Crippen molar-refractivity contribution in [2.45, 2.75) is 45.4 Å². The van der Waals surface area contributed by atoms with E-state index in [4.69, 9.17) is 0 Å². The maximum absolute atomic E-state index is 11.7. The highest BCUT2D eigenvalue weighted by molar-refractivity contribution is 6.39. The van der Waals surface area contributed by atoms with E-state index >= 15 is 0 Å². The van der Waals surface area contributed by atoms with Crippen LogP contribution in [0.25, 0.3) is 0 Å². The van der Waals surface area contributed by atoms with Crippen LogP contribution in [0, 0.1) is 6.92 Å². The first-order chi connectivity index (χ1) is 10.1. The van der Waals surface area contributed by atoms with Crippen molar-refractivity contribution < 1.29 is 9.59 Å². The van der Waals surface area contributed by atoms with Gasteiger partial charge in [0.15, 0.2) is 0 Å². The van der Waals surface area contributed by atoms with Crippen LogP contribution in [0.5, 0.6) is 0 Å². The minimum Gasteiger partial charge on any atom is -0.318 e. The summed E-state index contributed by atoms with van der Waals surface area (Å²) in [5, 5.41) is 6.62. The standard InChI is InChI=1S/C16H21N3O2/c1-12-8-10-13(11-9-12)17-15(20)16(21)19-18-14-6-4-2-3-5-7-14/h8-11H,2-7H2,1H3,(H,17,20)(H,19,21). The molecule has 0 aromatic heterocycles. The molecule has 0 aliphatic heterocycles. The Bertz CT molecular complexity index is 525. The van der Waals surface area contributed by atoms with Crippen molar-refractivity contribution in [3.8, 4) is 0 Å². The van der Waals surface area contributed by atoms with Gasteiger partial charge in [0.1, 0.15) is 0 Å². The zero-order chi connectivity index (χ0) is 15.1. The fraction of sp³-hybridized carbons (Fsp3) is 0.438. The molecule has 112 valence electrons. The number of anilines is 1. The van der Waals surface area contributed by atoms with Crippen LogP contribution in [-0.2, 0) is 9.59 Å². The third-order valence-electron chi connectivity index (χ3n) is 3.51. The maximum atomic E-state index is 11.7. The van der Waals surface area contributed by atoms with Crippen molar-refractivity contribution >= 4 is 23.2 Å². The molecule has 1 aliphatic carbocycles. The molecule has 21 heavy (non-hydrogen) atoms. The summed E-state index contributed by atoms with van der Waals surface area (Å²) < 4.78 is 0. The van der Waals surface area contributed by atoms with Gasteiger partial charge in [-0.25, -0.2) is 5.43 Å². The molecule has 0 heterocycles. The first-order valence-corrected chi connectivity index (χ1v) is 7.38. The molecular weight excluding hydrogens is 266 g/mol. The van der Waals surface area contributed by atoms with Gasteiger partial charge in [0.05, 0.1) is 0 Å². The number of hydrogen-bond donors (Lipinski definition) is 2. The number of carbonyl (C=O) groups excluding carboxylic acids is 2. The Hall–Kier alpha value is -2.17. The van der Waals surface area contributed by atoms with Crippen LogP contribution in [0.1, 0.15) is 44.1 Å². The Balaban J connectivity index is 1.86. The monoisotopic (exact) mass is 287 g/mol. The molecule has 1 saturated carbocycles. The van der Waals surface area contributed by atoms with Gasteiger partial charge in [-0.2, -0.15) is 5.10 Å². The molecule has 1 aromatic carbocycles. The summed E-state index contributed by atoms with van der Waals surface area (Å²) in [6.45, 7) is 1.96. The van der Waals surface area contributed by atoms with Crippen LogP contribution in [-0.4, -0.2) is 17.5 Å². The SMILES string of the molecule is Cc1ccc(NC(=O)C(=O)NN=C2CCCCCC2)cc1. The molecule has 1 fully saturated rings. The predicted molar refractivity (Wildman–Crippen MR) is 83.1 cm³/mol. The largest absolute Gasteiger partial charge is 0.329 e. The van der Waals surface area contributed by atoms with Crippen molar-refractivity contribution in [2.75, 3.05) is 5.32 Å². The van der Waals surface area contributed by atoms with Crippen molar-refractivity contribution in [1.82, 2.24) is 5.43 Å². The molecule has 1 aliphatic rings. The summed E-state index contributed by atoms with van der Waals surface area (Å²) in [6, 6.07) is 7.27. The summed E-state index contributed by atoms with van der Waals surface area (Å²) in [5.41, 5.74) is 5.02. The maximum Gasteiger partial charge on any atom is 0.329 e. The molecule has 2 amide bonds. The molecule has 2 N–H and O–H groups in total. The van der Waals surface area contributed by atoms with Gasteiger partial charge < -0.3 is 5.32 Å². The number of nitrogens with zero attached hydrogens (tertiary/aromatic N) is 1. The first kappa shape index (κ1) is 15.2. The summed E-state index contributed by atoms with van der Waals surface area (Å²) in [4.78, 5) is 23.5. The first-order valence-electron chi connectivity index (χ1n) is 7.38. The van der Waals surface area contributed by atoms with E-state index in [0.717, 1.165) is 37.0 Å². The quantitative estimate of drug-likeness (QED) is 0.499. The van der Waals surface area contributed by atoms with Gasteiger partial charge in [-0.05, 0) is 44.7 Å². The number of nitrogens with one attached hydrogen (secondary N) is 2. The van der Waals surface area contributed by atoms with Gasteiger partial charge in [-0.1, -0.05) is 30.5 Å². The number of rotatable bonds is 2. The second-order valence-corrected chi connectivity index (χ2v) is 5.35. The number of hydrazone groups is 1. The van der Waals surface area contributed by atoms with E-state index < -0.39 is 11.8 Å². The molecule has 5 nitrogen and oxygen atoms in total. The Morgan fingerprint density at radius 2 is 1.57 bits per heavy atom. The van der Waals surface area contributed by atoms with Crippen LogP contribution < -0.4 is 10.7 Å². The van der Waals surface area contributed by atoms with Crippen LogP contribution >= 0.6 is 0 Å². The number of hydrogen-bond acceptors (Lipinski definition) is 3. The van der Waals surface area contributed by atoms with Gasteiger partial charge in [0.2, 0.25) is 0 Å². The smallest absolute Gasteiger partial charge is 0.318 e. The molecule has 0 unspecified atom stereocenters. The lowest BCUT2D eigenvalue weighted by Crippen LogP contribution is -2.33. The Kier molecular flexibility index (Phi) is 5.49. The molecule has 0 saturated heterocycles. The summed E-state index contributed by atoms with van der Waals surface area (Å²) in [6.07, 6.45) is 6.43. The second kappa shape index (κ2) is 7.57. The van der Waals surface area contributed by atoms with E-state index in [1.165, 1.54) is 12.8 Å². The lowest BCUT2D eigenvalue weighted by atomic mass is 10.2. The number of amides is 2. The normalized spacial score (nSPS) is 15.0. The topological polar surface area (TPSA) is 70.6 Å². The van der Waals surface area contributed by atoms with E-state index in [2.05, 4.69) is 15.8 Å². The predicted octanol–water partition coefficient (Wildman–Crippen LogP) is 2.76. The minimum atomic E-state index is -0.729. The minimum absolute atomic E-state index is 0.600. The average Bonchev–Trinajstić information content (AvgIpc) is 2.75. The highest BCUT2D eigenvalue weighted by Gasteiger charge is 2.14. The molecule has 0 spiro atoms. The van der Waals surface area contributed by atoms with Gasteiger partial charge in [-0.15, -0.1) is 0 Å². The second-order valence-electron chi connectivity index (χ2n) is 5.35. The average molecular weight is 287 g/mol. The van der Waals surface area contributed by atoms with E-state index in [1.807, 2.05) is 19.1 Å². The summed E-state index contributed by atoms with van der Waals surface area (Å²) in [5.74, 6) is -1.43. The highest BCUT2D eigenvalue weighted by atomic mass is 16.2. The van der Waals surface area contributed by atoms with E-state index in [1.54, 1.807) is 12.1 Å². The lowest BCUT2D eigenvalue weighted by Gasteiger charge is -2.05. The highest BCUT2D eigenvalue weighted by Crippen LogP contribution is 2.14. The van der Waals surface area contributed by atoms with Crippen LogP contribution in [0.4, 0.5) is 5.69 Å². The summed E-state index contributed by atoms with van der Waals surface area (Å²) in [7, 11) is 0. The van der Waals surface area contributed by atoms with Crippen LogP contribution in [0.2, 0.25) is 0 Å². The fourth-order valence-electron chi connectivity index (χ4n) is 2.25. The zero-order valence-electron chi connectivity index (χ0n) is 12.3. The van der Waals surface area contributed by atoms with Crippen molar-refractivity contribution in [3.63, 3.8) is 0 Å². The lowest BCUT2D eigenvalue weighted by molar-refractivity contribution is -0.136. The Morgan fingerprint density at radius 3 is 2.19 bits per heavy atom. The Labute approximate surface area is 124 Å². The van der Waals surface area contributed by atoms with Gasteiger partial charge >= 0.3 is 11.8 Å². The molecule has 1 aromatic rings. The molecule has 2 rings (SSSR count). The summed E-state index contributed by atoms with van der Waals surface area (Å²) >= 11 is 0. The van der Waals surface area contributed by atoms with Gasteiger partial charge in [0.25, 0.3) is 0 Å². The molecule has 0 atom stereocenters. The Morgan fingerprint density at radius 1 is 0.952 bits per heavy atom. The fourth-order valence-corrected chi connectivity index (χ4v) is 2.25. The number of carbonyl (C=O) groups is 2. The van der Waals surface area contributed by atoms with Crippen LogP contribution in [0.15, 0.2) is 29.4 Å². The number of aryl methyl sites for hydroxylation is 1. The third kappa shape index (κ3) is 5.02. The molecular formula is C16H21N3O2. The zero-order valence-corrected chi connectivity index (χ0v) is 12.3. The van der Waals surface area contributed by atoms with Crippen molar-refractivity contribution in [2.24, 2.45) is 5.10 Å². The van der Waals surface area contributed by atoms with Gasteiger partial charge in [-0.3, -0.25) is 9.59 Å². The van der Waals surface area contributed by atoms with Crippen LogP contribution in [0.3, 0.4) is 0 Å². The number of benzene rings is 1. The molecule has 5 heteroatoms. The van der Waals surface area contributed by atoms with E-state index in [9.17, 15) is 9.59 Å². The molecule has 0 radical (unpaired) electrons. The molecule has 0 bridgehead atoms. The third-order valence-corrected chi connectivity index (χ3v) is 3.51.